The van der Waals surface area contributed by atoms with Crippen molar-refractivity contribution in [3.63, 3.8) is 0 Å². The van der Waals surface area contributed by atoms with Crippen molar-refractivity contribution in [2.45, 2.75) is 32.7 Å². The third-order valence-electron chi connectivity index (χ3n) is 4.44. The fourth-order valence-corrected chi connectivity index (χ4v) is 3.78. The van der Waals surface area contributed by atoms with E-state index in [1.165, 1.54) is 0 Å². The Bertz CT molecular complexity index is 881. The molecule has 0 radical (unpaired) electrons. The molecular weight excluding hydrogens is 314 g/mol. The van der Waals surface area contributed by atoms with Crippen LogP contribution in [0.2, 0.25) is 5.15 Å². The lowest BCUT2D eigenvalue weighted by Gasteiger charge is -2.27. The molecule has 0 aliphatic carbocycles. The molecule has 1 aliphatic heterocycles. The standard InChI is InChI=1S/C15H18ClN7/c1-9-7-12(23-15(19-9)17-8-18-23)22-6-4-5-11(22)13-10(2)20-21(3)14(13)16/h7-8,11H,4-6H2,1-3H3/t11-/m1/s1. The van der Waals surface area contributed by atoms with E-state index < -0.39 is 0 Å². The van der Waals surface area contributed by atoms with Crippen molar-refractivity contribution >= 4 is 23.2 Å². The van der Waals surface area contributed by atoms with Gasteiger partial charge in [-0.2, -0.15) is 19.7 Å². The predicted octanol–water partition coefficient (Wildman–Crippen LogP) is 2.47. The maximum absolute atomic E-state index is 6.50. The summed E-state index contributed by atoms with van der Waals surface area (Å²) in [4.78, 5) is 11.0. The van der Waals surface area contributed by atoms with E-state index in [0.29, 0.717) is 10.9 Å². The molecule has 0 aromatic carbocycles. The molecule has 0 unspecified atom stereocenters. The van der Waals surface area contributed by atoms with Crippen LogP contribution in [-0.2, 0) is 7.05 Å². The smallest absolute Gasteiger partial charge is 0.254 e. The first-order chi connectivity index (χ1) is 11.1. The molecule has 4 heterocycles. The minimum atomic E-state index is 0.199. The lowest BCUT2D eigenvalue weighted by molar-refractivity contribution is 0.692. The Balaban J connectivity index is 1.85. The molecule has 23 heavy (non-hydrogen) atoms. The summed E-state index contributed by atoms with van der Waals surface area (Å²) in [5.74, 6) is 1.63. The van der Waals surface area contributed by atoms with E-state index in [0.717, 1.165) is 42.2 Å². The summed E-state index contributed by atoms with van der Waals surface area (Å²) in [6.45, 7) is 4.94. The van der Waals surface area contributed by atoms with Crippen LogP contribution < -0.4 is 4.90 Å². The van der Waals surface area contributed by atoms with Gasteiger partial charge in [0.15, 0.2) is 0 Å². The molecule has 0 N–H and O–H groups in total. The average molecular weight is 332 g/mol. The molecule has 0 bridgehead atoms. The Morgan fingerprint density at radius 3 is 2.87 bits per heavy atom. The van der Waals surface area contributed by atoms with Crippen LogP contribution in [0.4, 0.5) is 5.82 Å². The third-order valence-corrected chi connectivity index (χ3v) is 4.89. The normalized spacial score (nSPS) is 18.3. The van der Waals surface area contributed by atoms with Gasteiger partial charge in [0.05, 0.1) is 11.7 Å². The average Bonchev–Trinajstić information content (AvgIpc) is 3.19. The SMILES string of the molecule is Cc1cc(N2CCC[C@@H]2c2c(C)nn(C)c2Cl)n2ncnc2n1. The Morgan fingerprint density at radius 2 is 2.13 bits per heavy atom. The van der Waals surface area contributed by atoms with Gasteiger partial charge in [-0.1, -0.05) is 11.6 Å². The van der Waals surface area contributed by atoms with Gasteiger partial charge in [-0.3, -0.25) is 4.68 Å². The summed E-state index contributed by atoms with van der Waals surface area (Å²) >= 11 is 6.50. The maximum atomic E-state index is 6.50. The molecule has 3 aromatic rings. The molecule has 8 heteroatoms. The molecule has 120 valence electrons. The molecule has 0 saturated carbocycles. The van der Waals surface area contributed by atoms with Crippen LogP contribution in [0.5, 0.6) is 0 Å². The van der Waals surface area contributed by atoms with Gasteiger partial charge in [0.2, 0.25) is 0 Å². The number of hydrogen-bond donors (Lipinski definition) is 0. The highest BCUT2D eigenvalue weighted by atomic mass is 35.5. The molecule has 1 atom stereocenters. The van der Waals surface area contributed by atoms with Gasteiger partial charge in [-0.15, -0.1) is 0 Å². The van der Waals surface area contributed by atoms with E-state index >= 15 is 0 Å². The number of anilines is 1. The first kappa shape index (κ1) is 14.4. The molecule has 7 nitrogen and oxygen atoms in total. The van der Waals surface area contributed by atoms with Crippen molar-refractivity contribution in [2.24, 2.45) is 7.05 Å². The third kappa shape index (κ3) is 2.18. The molecule has 4 rings (SSSR count). The first-order valence-electron chi connectivity index (χ1n) is 7.69. The van der Waals surface area contributed by atoms with Gasteiger partial charge in [0.1, 0.15) is 17.3 Å². The summed E-state index contributed by atoms with van der Waals surface area (Å²) in [7, 11) is 1.88. The topological polar surface area (TPSA) is 64.1 Å². The highest BCUT2D eigenvalue weighted by molar-refractivity contribution is 6.30. The van der Waals surface area contributed by atoms with Crippen LogP contribution in [0.1, 0.15) is 35.8 Å². The Hall–Kier alpha value is -2.15. The lowest BCUT2D eigenvalue weighted by atomic mass is 10.1. The van der Waals surface area contributed by atoms with Gasteiger partial charge in [0, 0.05) is 30.9 Å². The van der Waals surface area contributed by atoms with Crippen LogP contribution >= 0.6 is 11.6 Å². The minimum Gasteiger partial charge on any atom is -0.349 e. The molecule has 1 aliphatic rings. The summed E-state index contributed by atoms with van der Waals surface area (Å²) in [6, 6.07) is 2.25. The monoisotopic (exact) mass is 331 g/mol. The van der Waals surface area contributed by atoms with Crippen molar-refractivity contribution in [3.05, 3.63) is 34.5 Å². The zero-order valence-corrected chi connectivity index (χ0v) is 14.1. The first-order valence-corrected chi connectivity index (χ1v) is 8.07. The molecule has 1 fully saturated rings. The molecule has 3 aromatic heterocycles. The van der Waals surface area contributed by atoms with E-state index in [1.807, 2.05) is 20.9 Å². The van der Waals surface area contributed by atoms with Gasteiger partial charge in [0.25, 0.3) is 5.78 Å². The Labute approximate surface area is 138 Å². The van der Waals surface area contributed by atoms with Crippen LogP contribution in [-0.4, -0.2) is 35.9 Å². The zero-order chi connectivity index (χ0) is 16.1. The Morgan fingerprint density at radius 1 is 1.30 bits per heavy atom. The summed E-state index contributed by atoms with van der Waals surface area (Å²) in [6.07, 6.45) is 3.69. The summed E-state index contributed by atoms with van der Waals surface area (Å²) in [5.41, 5.74) is 3.02. The predicted molar refractivity (Wildman–Crippen MR) is 87.8 cm³/mol. The highest BCUT2D eigenvalue weighted by Gasteiger charge is 2.32. The van der Waals surface area contributed by atoms with E-state index in [9.17, 15) is 0 Å². The second kappa shape index (κ2) is 5.19. The number of halogens is 1. The number of aryl methyl sites for hydroxylation is 3. The largest absolute Gasteiger partial charge is 0.349 e. The maximum Gasteiger partial charge on any atom is 0.254 e. The van der Waals surface area contributed by atoms with E-state index in [2.05, 4.69) is 31.1 Å². The minimum absolute atomic E-state index is 0.199. The quantitative estimate of drug-likeness (QED) is 0.721. The molecule has 1 saturated heterocycles. The zero-order valence-electron chi connectivity index (χ0n) is 13.4. The van der Waals surface area contributed by atoms with E-state index in [-0.39, 0.29) is 6.04 Å². The van der Waals surface area contributed by atoms with Crippen LogP contribution in [0.15, 0.2) is 12.4 Å². The number of nitrogens with zero attached hydrogens (tertiary/aromatic N) is 7. The van der Waals surface area contributed by atoms with Crippen molar-refractivity contribution in [2.75, 3.05) is 11.4 Å². The van der Waals surface area contributed by atoms with Gasteiger partial charge in [-0.05, 0) is 26.7 Å². The highest BCUT2D eigenvalue weighted by Crippen LogP contribution is 2.40. The summed E-state index contributed by atoms with van der Waals surface area (Å²) in [5, 5.41) is 9.50. The molecule has 0 spiro atoms. The second-order valence-corrected chi connectivity index (χ2v) is 6.35. The molecular formula is C15H18ClN7. The summed E-state index contributed by atoms with van der Waals surface area (Å²) < 4.78 is 3.54. The van der Waals surface area contributed by atoms with E-state index in [4.69, 9.17) is 11.6 Å². The van der Waals surface area contributed by atoms with Crippen LogP contribution in [0, 0.1) is 13.8 Å². The van der Waals surface area contributed by atoms with Crippen molar-refractivity contribution in [3.8, 4) is 0 Å². The lowest BCUT2D eigenvalue weighted by Crippen LogP contribution is -2.26. The van der Waals surface area contributed by atoms with Crippen LogP contribution in [0.25, 0.3) is 5.78 Å². The van der Waals surface area contributed by atoms with Gasteiger partial charge < -0.3 is 4.90 Å². The van der Waals surface area contributed by atoms with Gasteiger partial charge in [-0.25, -0.2) is 4.98 Å². The van der Waals surface area contributed by atoms with Crippen LogP contribution in [0.3, 0.4) is 0 Å². The molecule has 0 amide bonds. The fraction of sp³-hybridized carbons (Fsp3) is 0.467. The van der Waals surface area contributed by atoms with Crippen molar-refractivity contribution < 1.29 is 0 Å². The Kier molecular flexibility index (Phi) is 3.26. The fourth-order valence-electron chi connectivity index (χ4n) is 3.48. The second-order valence-electron chi connectivity index (χ2n) is 5.99. The number of aromatic nitrogens is 6. The van der Waals surface area contributed by atoms with Crippen molar-refractivity contribution in [1.29, 1.82) is 0 Å². The van der Waals surface area contributed by atoms with Gasteiger partial charge >= 0.3 is 0 Å². The van der Waals surface area contributed by atoms with E-state index in [1.54, 1.807) is 15.5 Å². The number of hydrogen-bond acceptors (Lipinski definition) is 5. The number of rotatable bonds is 2. The van der Waals surface area contributed by atoms with Crippen molar-refractivity contribution in [1.82, 2.24) is 29.4 Å². The number of fused-ring (bicyclic) bond motifs is 1.